The molecule has 0 spiro atoms. The number of benzene rings is 1. The molecule has 4 aromatic rings. The van der Waals surface area contributed by atoms with Gasteiger partial charge in [-0.3, -0.25) is 14.2 Å². The maximum atomic E-state index is 12.9. The first-order chi connectivity index (χ1) is 20.5. The summed E-state index contributed by atoms with van der Waals surface area (Å²) < 4.78 is 52.9. The van der Waals surface area contributed by atoms with E-state index in [1.807, 2.05) is 0 Å². The predicted molar refractivity (Wildman–Crippen MR) is 157 cm³/mol. The van der Waals surface area contributed by atoms with Gasteiger partial charge in [0.05, 0.1) is 11.2 Å². The number of hydrogen-bond donors (Lipinski definition) is 2. The van der Waals surface area contributed by atoms with Crippen LogP contribution in [-0.2, 0) is 31.4 Å². The van der Waals surface area contributed by atoms with Crippen molar-refractivity contribution in [1.82, 2.24) is 33.0 Å². The van der Waals surface area contributed by atoms with E-state index in [4.69, 9.17) is 0 Å². The van der Waals surface area contributed by atoms with Crippen LogP contribution in [0.2, 0.25) is 0 Å². The molecule has 1 amide bonds. The summed E-state index contributed by atoms with van der Waals surface area (Å²) in [4.78, 5) is 38.6. The lowest BCUT2D eigenvalue weighted by Gasteiger charge is -2.30. The molecule has 2 aliphatic rings. The van der Waals surface area contributed by atoms with Crippen molar-refractivity contribution in [3.8, 4) is 0 Å². The van der Waals surface area contributed by atoms with E-state index < -0.39 is 31.5 Å². The number of nitrogens with one attached hydrogen (secondary N) is 2. The van der Waals surface area contributed by atoms with Crippen LogP contribution >= 0.6 is 0 Å². The van der Waals surface area contributed by atoms with Crippen molar-refractivity contribution in [1.29, 1.82) is 0 Å². The summed E-state index contributed by atoms with van der Waals surface area (Å²) in [6.07, 6.45) is 6.95. The van der Waals surface area contributed by atoms with Crippen LogP contribution in [0.3, 0.4) is 0 Å². The van der Waals surface area contributed by atoms with Gasteiger partial charge >= 0.3 is 0 Å². The summed E-state index contributed by atoms with van der Waals surface area (Å²) in [5.74, 6) is 0.472. The molecule has 0 atom stereocenters. The molecular formula is C26H29N9O6S2. The Kier molecular flexibility index (Phi) is 7.47. The first-order valence-corrected chi connectivity index (χ1v) is 16.9. The number of nitrogens with zero attached hydrogens (tertiary/aromatic N) is 7. The second kappa shape index (κ2) is 11.1. The van der Waals surface area contributed by atoms with Gasteiger partial charge in [-0.15, -0.1) is 9.19 Å². The molecule has 1 aromatic carbocycles. The minimum absolute atomic E-state index is 0.0123. The second-order valence-corrected chi connectivity index (χ2v) is 14.4. The summed E-state index contributed by atoms with van der Waals surface area (Å²) in [5.41, 5.74) is 0.161. The summed E-state index contributed by atoms with van der Waals surface area (Å²) in [6, 6.07) is 8.47. The van der Waals surface area contributed by atoms with Crippen LogP contribution < -0.4 is 16.2 Å². The molecule has 0 unspecified atom stereocenters. The number of carbonyl (C=O) groups is 1. The van der Waals surface area contributed by atoms with E-state index >= 15 is 0 Å². The molecule has 1 saturated heterocycles. The van der Waals surface area contributed by atoms with E-state index in [0.29, 0.717) is 42.8 Å². The SMILES string of the molecule is CS(=O)(=O)N1CCC(Nc2ncc3ccc(=O)n(CC(=O)Nc4ccc(S(=O)(=O)n5cnc(C6CC6)n5)cc4)c3n2)CC1. The van der Waals surface area contributed by atoms with E-state index in [2.05, 4.69) is 30.7 Å². The summed E-state index contributed by atoms with van der Waals surface area (Å²) in [6.45, 7) is 0.412. The number of hydrogen-bond acceptors (Lipinski definition) is 11. The quantitative estimate of drug-likeness (QED) is 0.269. The second-order valence-electron chi connectivity index (χ2n) is 10.6. The highest BCUT2D eigenvalue weighted by atomic mass is 32.2. The Morgan fingerprint density at radius 1 is 0.977 bits per heavy atom. The number of carbonyl (C=O) groups excluding carboxylic acids is 1. The van der Waals surface area contributed by atoms with E-state index in [1.165, 1.54) is 51.8 Å². The van der Waals surface area contributed by atoms with Crippen LogP contribution in [-0.4, -0.2) is 81.1 Å². The van der Waals surface area contributed by atoms with Gasteiger partial charge in [-0.05, 0) is 56.0 Å². The summed E-state index contributed by atoms with van der Waals surface area (Å²) in [5, 5.41) is 10.5. The van der Waals surface area contributed by atoms with Crippen molar-refractivity contribution in [3.63, 3.8) is 0 Å². The number of piperidine rings is 1. The zero-order chi connectivity index (χ0) is 30.4. The maximum absolute atomic E-state index is 12.9. The highest BCUT2D eigenvalue weighted by molar-refractivity contribution is 7.89. The molecule has 43 heavy (non-hydrogen) atoms. The Morgan fingerprint density at radius 3 is 2.37 bits per heavy atom. The van der Waals surface area contributed by atoms with Crippen molar-refractivity contribution in [3.05, 3.63) is 65.1 Å². The van der Waals surface area contributed by atoms with Crippen LogP contribution in [0.4, 0.5) is 11.6 Å². The van der Waals surface area contributed by atoms with E-state index in [1.54, 1.807) is 12.3 Å². The fourth-order valence-electron chi connectivity index (χ4n) is 4.88. The first kappa shape index (κ1) is 28.9. The summed E-state index contributed by atoms with van der Waals surface area (Å²) >= 11 is 0. The fraction of sp³-hybridized carbons (Fsp3) is 0.385. The van der Waals surface area contributed by atoms with Gasteiger partial charge < -0.3 is 10.6 Å². The molecule has 0 bridgehead atoms. The van der Waals surface area contributed by atoms with Crippen molar-refractivity contribution in [2.24, 2.45) is 0 Å². The number of fused-ring (bicyclic) bond motifs is 1. The molecule has 1 saturated carbocycles. The van der Waals surface area contributed by atoms with Gasteiger partial charge in [0.25, 0.3) is 15.6 Å². The Labute approximate surface area is 247 Å². The highest BCUT2D eigenvalue weighted by Gasteiger charge is 2.29. The zero-order valence-electron chi connectivity index (χ0n) is 23.1. The van der Waals surface area contributed by atoms with Gasteiger partial charge in [-0.2, -0.15) is 13.4 Å². The normalized spacial score (nSPS) is 16.8. The average molecular weight is 628 g/mol. The number of sulfonamides is 1. The fourth-order valence-corrected chi connectivity index (χ4v) is 6.81. The van der Waals surface area contributed by atoms with E-state index in [9.17, 15) is 26.4 Å². The smallest absolute Gasteiger partial charge is 0.284 e. The van der Waals surface area contributed by atoms with Crippen LogP contribution in [0.25, 0.3) is 11.0 Å². The molecule has 4 heterocycles. The van der Waals surface area contributed by atoms with Crippen LogP contribution in [0.1, 0.15) is 37.4 Å². The van der Waals surface area contributed by atoms with Gasteiger partial charge in [-0.25, -0.2) is 22.7 Å². The molecular weight excluding hydrogens is 598 g/mol. The molecule has 1 aliphatic carbocycles. The van der Waals surface area contributed by atoms with Crippen molar-refractivity contribution < 1.29 is 21.6 Å². The molecule has 0 radical (unpaired) electrons. The zero-order valence-corrected chi connectivity index (χ0v) is 24.8. The maximum Gasteiger partial charge on any atom is 0.284 e. The van der Waals surface area contributed by atoms with Gasteiger partial charge in [0.15, 0.2) is 5.82 Å². The Hall–Kier alpha value is -4.22. The Bertz CT molecular complexity index is 1960. The minimum Gasteiger partial charge on any atom is -0.351 e. The Morgan fingerprint density at radius 2 is 1.70 bits per heavy atom. The van der Waals surface area contributed by atoms with Gasteiger partial charge in [0.2, 0.25) is 21.9 Å². The third-order valence-corrected chi connectivity index (χ3v) is 10.2. The van der Waals surface area contributed by atoms with Crippen LogP contribution in [0.5, 0.6) is 0 Å². The molecule has 6 rings (SSSR count). The number of amides is 1. The van der Waals surface area contributed by atoms with Crippen LogP contribution in [0, 0.1) is 0 Å². The van der Waals surface area contributed by atoms with E-state index in [-0.39, 0.29) is 35.0 Å². The summed E-state index contributed by atoms with van der Waals surface area (Å²) in [7, 11) is -7.19. The van der Waals surface area contributed by atoms with Gasteiger partial charge in [0.1, 0.15) is 18.5 Å². The van der Waals surface area contributed by atoms with Crippen molar-refractivity contribution >= 4 is 48.6 Å². The monoisotopic (exact) mass is 627 g/mol. The first-order valence-electron chi connectivity index (χ1n) is 13.6. The van der Waals surface area contributed by atoms with Crippen molar-refractivity contribution in [2.45, 2.75) is 49.1 Å². The lowest BCUT2D eigenvalue weighted by Crippen LogP contribution is -2.42. The molecule has 2 fully saturated rings. The topological polar surface area (TPSA) is 191 Å². The third kappa shape index (κ3) is 6.28. The standard InChI is InChI=1S/C26H29N9O6S2/c1-42(38,39)33-12-10-20(11-13-33)30-26-27-14-18-4-9-23(37)34(25(18)31-26)15-22(36)29-19-5-7-21(8-6-19)43(40,41)35-16-28-24(32-35)17-2-3-17/h4-9,14,16-17,20H,2-3,10-13,15H2,1H3,(H,29,36)(H,27,30,31). The number of rotatable bonds is 9. The lowest BCUT2D eigenvalue weighted by molar-refractivity contribution is -0.116. The highest BCUT2D eigenvalue weighted by Crippen LogP contribution is 2.37. The molecule has 1 aliphatic heterocycles. The number of anilines is 2. The van der Waals surface area contributed by atoms with Gasteiger partial charge in [0, 0.05) is 48.4 Å². The molecule has 15 nitrogen and oxygen atoms in total. The molecule has 2 N–H and O–H groups in total. The molecule has 226 valence electrons. The third-order valence-electron chi connectivity index (χ3n) is 7.40. The van der Waals surface area contributed by atoms with Gasteiger partial charge in [-0.1, -0.05) is 0 Å². The van der Waals surface area contributed by atoms with Crippen molar-refractivity contribution in [2.75, 3.05) is 30.0 Å². The number of aromatic nitrogens is 6. The lowest BCUT2D eigenvalue weighted by atomic mass is 10.1. The van der Waals surface area contributed by atoms with Crippen LogP contribution in [0.15, 0.2) is 58.6 Å². The largest absolute Gasteiger partial charge is 0.351 e. The van der Waals surface area contributed by atoms with E-state index in [0.717, 1.165) is 16.9 Å². The number of pyridine rings is 1. The predicted octanol–water partition coefficient (Wildman–Crippen LogP) is 0.972. The minimum atomic E-state index is -3.94. The molecule has 3 aromatic heterocycles. The molecule has 17 heteroatoms. The Balaban J connectivity index is 1.14. The average Bonchev–Trinajstić information content (AvgIpc) is 3.70.